The fraction of sp³-hybridized carbons (Fsp3) is 0.308. The highest BCUT2D eigenvalue weighted by Gasteiger charge is 2.04. The van der Waals surface area contributed by atoms with Crippen molar-refractivity contribution in [2.75, 3.05) is 5.88 Å². The van der Waals surface area contributed by atoms with Crippen LogP contribution in [-0.2, 0) is 6.42 Å². The number of rotatable bonds is 5. The van der Waals surface area contributed by atoms with Gasteiger partial charge in [-0.1, -0.05) is 18.2 Å². The van der Waals surface area contributed by atoms with Crippen LogP contribution >= 0.6 is 11.8 Å². The largest absolute Gasteiger partial charge is 0.322 e. The van der Waals surface area contributed by atoms with Crippen LogP contribution in [0.5, 0.6) is 0 Å². The van der Waals surface area contributed by atoms with Gasteiger partial charge in [0, 0.05) is 12.3 Å². The third-order valence-electron chi connectivity index (χ3n) is 2.52. The van der Waals surface area contributed by atoms with Gasteiger partial charge in [-0.25, -0.2) is 0 Å². The molecule has 0 aliphatic rings. The second-order valence-electron chi connectivity index (χ2n) is 3.65. The number of benzene rings is 1. The number of nitrogens with two attached hydrogens (primary N) is 1. The van der Waals surface area contributed by atoms with Crippen LogP contribution in [0.3, 0.4) is 0 Å². The second kappa shape index (κ2) is 6.51. The lowest BCUT2D eigenvalue weighted by Gasteiger charge is -2.09. The molecule has 2 N–H and O–H groups in total. The van der Waals surface area contributed by atoms with E-state index in [1.165, 1.54) is 16.7 Å². The lowest BCUT2D eigenvalue weighted by Crippen LogP contribution is -1.96. The highest BCUT2D eigenvalue weighted by atomic mass is 32.2. The molecule has 1 aromatic rings. The second-order valence-corrected chi connectivity index (χ2v) is 4.55. The number of hydrogen-bond donors (Lipinski definition) is 1. The van der Waals surface area contributed by atoms with Gasteiger partial charge in [0.25, 0.3) is 0 Å². The molecule has 3 heteroatoms. The fourth-order valence-corrected chi connectivity index (χ4v) is 2.03. The van der Waals surface area contributed by atoms with Gasteiger partial charge in [0.15, 0.2) is 0 Å². The molecular formula is C13H18N2S. The molecule has 0 aromatic heterocycles. The van der Waals surface area contributed by atoms with E-state index in [0.717, 1.165) is 12.1 Å². The van der Waals surface area contributed by atoms with E-state index in [9.17, 15) is 0 Å². The Morgan fingerprint density at radius 1 is 1.44 bits per heavy atom. The summed E-state index contributed by atoms with van der Waals surface area (Å²) in [6, 6.07) is 6.33. The number of thioether (sulfide) groups is 1. The summed E-state index contributed by atoms with van der Waals surface area (Å²) in [7, 11) is 0. The molecule has 0 radical (unpaired) electrons. The van der Waals surface area contributed by atoms with Gasteiger partial charge in [-0.2, -0.15) is 0 Å². The van der Waals surface area contributed by atoms with E-state index in [1.807, 2.05) is 5.41 Å². The van der Waals surface area contributed by atoms with Gasteiger partial charge in [-0.15, -0.1) is 11.8 Å². The molecule has 2 nitrogen and oxygen atoms in total. The normalized spacial score (nSPS) is 11.6. The van der Waals surface area contributed by atoms with E-state index in [-0.39, 0.29) is 0 Å². The zero-order valence-corrected chi connectivity index (χ0v) is 10.7. The molecule has 0 heterocycles. The number of aliphatic imine (C=N–C) groups is 1. The van der Waals surface area contributed by atoms with Crippen molar-refractivity contribution in [2.45, 2.75) is 20.3 Å². The third kappa shape index (κ3) is 3.51. The van der Waals surface area contributed by atoms with Crippen LogP contribution in [-0.4, -0.2) is 12.6 Å². The van der Waals surface area contributed by atoms with E-state index >= 15 is 0 Å². The first-order chi connectivity index (χ1) is 7.69. The van der Waals surface area contributed by atoms with Crippen LogP contribution in [0.25, 0.3) is 0 Å². The molecule has 1 rings (SSSR count). The van der Waals surface area contributed by atoms with Crippen LogP contribution in [0.15, 0.2) is 34.3 Å². The maximum Gasteiger partial charge on any atom is 0.0503 e. The Bertz CT molecular complexity index is 377. The maximum absolute atomic E-state index is 5.44. The first kappa shape index (κ1) is 13.0. The molecule has 0 saturated heterocycles. The Hall–Kier alpha value is -1.06. The van der Waals surface area contributed by atoms with Crippen LogP contribution in [0, 0.1) is 13.8 Å². The number of aryl methyl sites for hydroxylation is 2. The molecule has 0 spiro atoms. The fourth-order valence-electron chi connectivity index (χ4n) is 1.59. The molecule has 0 bridgehead atoms. The van der Waals surface area contributed by atoms with Crippen LogP contribution in [0.1, 0.15) is 16.7 Å². The van der Waals surface area contributed by atoms with Gasteiger partial charge < -0.3 is 5.73 Å². The van der Waals surface area contributed by atoms with E-state index in [4.69, 9.17) is 5.73 Å². The van der Waals surface area contributed by atoms with Gasteiger partial charge in [0.1, 0.15) is 0 Å². The molecule has 0 fully saturated rings. The van der Waals surface area contributed by atoms with Gasteiger partial charge in [0.05, 0.1) is 5.70 Å². The number of hydrogen-bond acceptors (Lipinski definition) is 3. The van der Waals surface area contributed by atoms with Crippen molar-refractivity contribution in [3.63, 3.8) is 0 Å². The van der Waals surface area contributed by atoms with Crippen LogP contribution in [0.4, 0.5) is 0 Å². The predicted molar refractivity (Wildman–Crippen MR) is 73.9 cm³/mol. The topological polar surface area (TPSA) is 38.4 Å². The van der Waals surface area contributed by atoms with Gasteiger partial charge in [-0.3, -0.25) is 4.99 Å². The van der Waals surface area contributed by atoms with Crippen molar-refractivity contribution in [1.29, 1.82) is 0 Å². The SMILES string of the molecule is C=N/C(=C\SCN)Cc1c(C)cccc1C. The molecule has 0 saturated carbocycles. The van der Waals surface area contributed by atoms with E-state index in [2.05, 4.69) is 43.8 Å². The predicted octanol–water partition coefficient (Wildman–Crippen LogP) is 3.04. The van der Waals surface area contributed by atoms with E-state index in [1.54, 1.807) is 11.8 Å². The van der Waals surface area contributed by atoms with E-state index < -0.39 is 0 Å². The molecule has 0 amide bonds. The quantitative estimate of drug-likeness (QED) is 0.628. The zero-order chi connectivity index (χ0) is 12.0. The molecule has 16 heavy (non-hydrogen) atoms. The van der Waals surface area contributed by atoms with Crippen molar-refractivity contribution in [2.24, 2.45) is 10.7 Å². The Morgan fingerprint density at radius 2 is 2.06 bits per heavy atom. The highest BCUT2D eigenvalue weighted by molar-refractivity contribution is 8.02. The molecule has 0 atom stereocenters. The summed E-state index contributed by atoms with van der Waals surface area (Å²) in [6.45, 7) is 7.85. The number of allylic oxidation sites excluding steroid dienone is 1. The Labute approximate surface area is 102 Å². The lowest BCUT2D eigenvalue weighted by atomic mass is 9.99. The molecule has 0 aliphatic carbocycles. The summed E-state index contributed by atoms with van der Waals surface area (Å²) >= 11 is 1.55. The summed E-state index contributed by atoms with van der Waals surface area (Å²) in [5.74, 6) is 0.575. The minimum absolute atomic E-state index is 0.575. The van der Waals surface area contributed by atoms with E-state index in [0.29, 0.717) is 5.88 Å². The lowest BCUT2D eigenvalue weighted by molar-refractivity contribution is 1.07. The van der Waals surface area contributed by atoms with Gasteiger partial charge >= 0.3 is 0 Å². The Kier molecular flexibility index (Phi) is 5.29. The van der Waals surface area contributed by atoms with Crippen molar-refractivity contribution in [3.8, 4) is 0 Å². The minimum Gasteiger partial charge on any atom is -0.322 e. The highest BCUT2D eigenvalue weighted by Crippen LogP contribution is 2.19. The average Bonchev–Trinajstić information content (AvgIpc) is 2.28. The molecule has 0 aliphatic heterocycles. The molecule has 0 unspecified atom stereocenters. The molecule has 86 valence electrons. The number of nitrogens with zero attached hydrogens (tertiary/aromatic N) is 1. The van der Waals surface area contributed by atoms with Crippen molar-refractivity contribution in [1.82, 2.24) is 0 Å². The van der Waals surface area contributed by atoms with Gasteiger partial charge in [-0.05, 0) is 42.7 Å². The average molecular weight is 234 g/mol. The zero-order valence-electron chi connectivity index (χ0n) is 9.86. The van der Waals surface area contributed by atoms with Crippen LogP contribution < -0.4 is 5.73 Å². The summed E-state index contributed by atoms with van der Waals surface area (Å²) < 4.78 is 0. The molecule has 1 aromatic carbocycles. The standard InChI is InChI=1S/C13H18N2S/c1-10-5-4-6-11(2)13(10)7-12(15-3)8-16-9-14/h4-6,8H,3,7,9,14H2,1-2H3/b12-8-. The molecular weight excluding hydrogens is 216 g/mol. The smallest absolute Gasteiger partial charge is 0.0503 e. The first-order valence-electron chi connectivity index (χ1n) is 5.21. The van der Waals surface area contributed by atoms with Crippen molar-refractivity contribution < 1.29 is 0 Å². The van der Waals surface area contributed by atoms with Crippen molar-refractivity contribution >= 4 is 18.5 Å². The minimum atomic E-state index is 0.575. The summed E-state index contributed by atoms with van der Waals surface area (Å²) in [4.78, 5) is 4.04. The van der Waals surface area contributed by atoms with Crippen molar-refractivity contribution in [3.05, 3.63) is 46.0 Å². The monoisotopic (exact) mass is 234 g/mol. The summed E-state index contributed by atoms with van der Waals surface area (Å²) in [6.07, 6.45) is 0.828. The van der Waals surface area contributed by atoms with Gasteiger partial charge in [0.2, 0.25) is 0 Å². The first-order valence-corrected chi connectivity index (χ1v) is 6.26. The third-order valence-corrected chi connectivity index (χ3v) is 3.15. The Morgan fingerprint density at radius 3 is 2.56 bits per heavy atom. The van der Waals surface area contributed by atoms with Crippen LogP contribution in [0.2, 0.25) is 0 Å². The summed E-state index contributed by atoms with van der Waals surface area (Å²) in [5.41, 5.74) is 10.3. The maximum atomic E-state index is 5.44. The summed E-state index contributed by atoms with van der Waals surface area (Å²) in [5, 5.41) is 1.98. The Balaban J connectivity index is 2.90.